The molecule has 3 atom stereocenters. The number of hydrogen-bond donors (Lipinski definition) is 0. The van der Waals surface area contributed by atoms with Crippen molar-refractivity contribution >= 4 is 5.97 Å². The van der Waals surface area contributed by atoms with Crippen molar-refractivity contribution < 1.29 is 14.3 Å². The van der Waals surface area contributed by atoms with Gasteiger partial charge in [0.25, 0.3) is 0 Å². The van der Waals surface area contributed by atoms with Gasteiger partial charge in [-0.05, 0) is 24.5 Å². The Balaban J connectivity index is 1.52. The molecule has 1 heterocycles. The Hall–Kier alpha value is -2.13. The Bertz CT molecular complexity index is 624. The Labute approximate surface area is 137 Å². The van der Waals surface area contributed by atoms with Crippen LogP contribution in [0.25, 0.3) is 0 Å². The van der Waals surface area contributed by atoms with Gasteiger partial charge in [-0.15, -0.1) is 0 Å². The SMILES string of the molecule is C[C@H](OCc1ccccc1)[C@H]1CC(Cc2ccccc2)C(=O)O1. The number of cyclic esters (lactones) is 1. The second kappa shape index (κ2) is 7.42. The van der Waals surface area contributed by atoms with Crippen LogP contribution in [0.5, 0.6) is 0 Å². The lowest BCUT2D eigenvalue weighted by atomic mass is 9.95. The quantitative estimate of drug-likeness (QED) is 0.762. The van der Waals surface area contributed by atoms with Gasteiger partial charge in [-0.25, -0.2) is 0 Å². The Morgan fingerprint density at radius 3 is 2.30 bits per heavy atom. The largest absolute Gasteiger partial charge is 0.459 e. The first-order valence-electron chi connectivity index (χ1n) is 8.12. The molecule has 0 aromatic heterocycles. The van der Waals surface area contributed by atoms with Crippen LogP contribution in [0.4, 0.5) is 0 Å². The molecule has 0 N–H and O–H groups in total. The van der Waals surface area contributed by atoms with E-state index in [4.69, 9.17) is 9.47 Å². The summed E-state index contributed by atoms with van der Waals surface area (Å²) in [5.41, 5.74) is 2.30. The zero-order chi connectivity index (χ0) is 16.1. The molecule has 2 aromatic rings. The van der Waals surface area contributed by atoms with Crippen LogP contribution in [0.2, 0.25) is 0 Å². The number of carbonyl (C=O) groups is 1. The van der Waals surface area contributed by atoms with Crippen molar-refractivity contribution in [2.24, 2.45) is 5.92 Å². The third-order valence-corrected chi connectivity index (χ3v) is 4.32. The second-order valence-corrected chi connectivity index (χ2v) is 6.10. The van der Waals surface area contributed by atoms with Gasteiger partial charge < -0.3 is 9.47 Å². The summed E-state index contributed by atoms with van der Waals surface area (Å²) >= 11 is 0. The molecule has 1 saturated heterocycles. The Morgan fingerprint density at radius 2 is 1.65 bits per heavy atom. The fraction of sp³-hybridized carbons (Fsp3) is 0.350. The minimum absolute atomic E-state index is 0.0647. The normalized spacial score (nSPS) is 21.9. The standard InChI is InChI=1S/C20H22O3/c1-15(22-14-17-10-6-3-7-11-17)19-13-18(20(21)23-19)12-16-8-4-2-5-9-16/h2-11,15,18-19H,12-14H2,1H3/t15-,18?,19+/m0/s1. The molecule has 2 aromatic carbocycles. The van der Waals surface area contributed by atoms with Crippen molar-refractivity contribution in [3.8, 4) is 0 Å². The Kier molecular flexibility index (Phi) is 5.09. The fourth-order valence-corrected chi connectivity index (χ4v) is 2.93. The number of carbonyl (C=O) groups excluding carboxylic acids is 1. The molecule has 0 radical (unpaired) electrons. The third kappa shape index (κ3) is 4.20. The van der Waals surface area contributed by atoms with Crippen molar-refractivity contribution in [1.29, 1.82) is 0 Å². The molecular formula is C20H22O3. The maximum atomic E-state index is 12.1. The van der Waals surface area contributed by atoms with Crippen LogP contribution in [0, 0.1) is 5.92 Å². The van der Waals surface area contributed by atoms with E-state index in [9.17, 15) is 4.79 Å². The molecule has 0 bridgehead atoms. The van der Waals surface area contributed by atoms with Crippen molar-refractivity contribution in [2.75, 3.05) is 0 Å². The fourth-order valence-electron chi connectivity index (χ4n) is 2.93. The summed E-state index contributed by atoms with van der Waals surface area (Å²) in [4.78, 5) is 12.1. The van der Waals surface area contributed by atoms with Gasteiger partial charge in [0.2, 0.25) is 0 Å². The van der Waals surface area contributed by atoms with E-state index >= 15 is 0 Å². The number of ether oxygens (including phenoxy) is 2. The molecule has 0 spiro atoms. The topological polar surface area (TPSA) is 35.5 Å². The lowest BCUT2D eigenvalue weighted by molar-refractivity contribution is -0.149. The highest BCUT2D eigenvalue weighted by molar-refractivity contribution is 5.75. The molecule has 3 nitrogen and oxygen atoms in total. The van der Waals surface area contributed by atoms with Crippen molar-refractivity contribution in [3.63, 3.8) is 0 Å². The highest BCUT2D eigenvalue weighted by Crippen LogP contribution is 2.28. The van der Waals surface area contributed by atoms with Gasteiger partial charge in [0.15, 0.2) is 0 Å². The van der Waals surface area contributed by atoms with Crippen LogP contribution >= 0.6 is 0 Å². The summed E-state index contributed by atoms with van der Waals surface area (Å²) in [7, 11) is 0. The van der Waals surface area contributed by atoms with E-state index in [1.165, 1.54) is 5.56 Å². The van der Waals surface area contributed by atoms with E-state index in [0.717, 1.165) is 18.4 Å². The van der Waals surface area contributed by atoms with Crippen LogP contribution in [-0.4, -0.2) is 18.2 Å². The van der Waals surface area contributed by atoms with Gasteiger partial charge in [-0.2, -0.15) is 0 Å². The van der Waals surface area contributed by atoms with Crippen molar-refractivity contribution in [3.05, 3.63) is 71.8 Å². The van der Waals surface area contributed by atoms with Crippen LogP contribution in [0.1, 0.15) is 24.5 Å². The molecule has 0 saturated carbocycles. The summed E-state index contributed by atoms with van der Waals surface area (Å²) in [6.07, 6.45) is 1.21. The third-order valence-electron chi connectivity index (χ3n) is 4.32. The zero-order valence-electron chi connectivity index (χ0n) is 13.4. The summed E-state index contributed by atoms with van der Waals surface area (Å²) in [5.74, 6) is -0.167. The van der Waals surface area contributed by atoms with E-state index in [1.807, 2.05) is 55.5 Å². The van der Waals surface area contributed by atoms with E-state index in [2.05, 4.69) is 12.1 Å². The first kappa shape index (κ1) is 15.8. The van der Waals surface area contributed by atoms with Crippen LogP contribution in [-0.2, 0) is 27.3 Å². The molecular weight excluding hydrogens is 288 g/mol. The van der Waals surface area contributed by atoms with Crippen LogP contribution in [0.15, 0.2) is 60.7 Å². The second-order valence-electron chi connectivity index (χ2n) is 6.10. The van der Waals surface area contributed by atoms with Crippen LogP contribution in [0.3, 0.4) is 0 Å². The highest BCUT2D eigenvalue weighted by Gasteiger charge is 2.37. The smallest absolute Gasteiger partial charge is 0.309 e. The molecule has 0 amide bonds. The molecule has 3 rings (SSSR count). The lowest BCUT2D eigenvalue weighted by Gasteiger charge is -2.18. The minimum Gasteiger partial charge on any atom is -0.459 e. The monoisotopic (exact) mass is 310 g/mol. The average Bonchev–Trinajstić information content (AvgIpc) is 2.95. The minimum atomic E-state index is -0.153. The molecule has 3 heteroatoms. The van der Waals surface area contributed by atoms with E-state index in [1.54, 1.807) is 0 Å². The highest BCUT2D eigenvalue weighted by atomic mass is 16.6. The van der Waals surface area contributed by atoms with Gasteiger partial charge >= 0.3 is 5.97 Å². The molecule has 120 valence electrons. The first-order chi connectivity index (χ1) is 11.2. The predicted molar refractivity (Wildman–Crippen MR) is 88.8 cm³/mol. The van der Waals surface area contributed by atoms with Crippen molar-refractivity contribution in [1.82, 2.24) is 0 Å². The first-order valence-corrected chi connectivity index (χ1v) is 8.12. The van der Waals surface area contributed by atoms with Gasteiger partial charge in [-0.1, -0.05) is 60.7 Å². The lowest BCUT2D eigenvalue weighted by Crippen LogP contribution is -2.25. The van der Waals surface area contributed by atoms with E-state index < -0.39 is 0 Å². The molecule has 1 fully saturated rings. The molecule has 1 aliphatic rings. The summed E-state index contributed by atoms with van der Waals surface area (Å²) in [6.45, 7) is 2.52. The van der Waals surface area contributed by atoms with E-state index in [-0.39, 0.29) is 24.1 Å². The summed E-state index contributed by atoms with van der Waals surface area (Å²) < 4.78 is 11.4. The number of esters is 1. The van der Waals surface area contributed by atoms with E-state index in [0.29, 0.717) is 6.61 Å². The van der Waals surface area contributed by atoms with Gasteiger partial charge in [0.05, 0.1) is 18.6 Å². The number of rotatable bonds is 6. The molecule has 1 unspecified atom stereocenters. The predicted octanol–water partition coefficient (Wildman–Crippen LogP) is 3.77. The zero-order valence-corrected chi connectivity index (χ0v) is 13.4. The summed E-state index contributed by atoms with van der Waals surface area (Å²) in [5, 5.41) is 0. The molecule has 0 aliphatic carbocycles. The van der Waals surface area contributed by atoms with Crippen LogP contribution < -0.4 is 0 Å². The van der Waals surface area contributed by atoms with Gasteiger partial charge in [0.1, 0.15) is 6.10 Å². The number of benzene rings is 2. The molecule has 23 heavy (non-hydrogen) atoms. The summed E-state index contributed by atoms with van der Waals surface area (Å²) in [6, 6.07) is 20.1. The Morgan fingerprint density at radius 1 is 1.04 bits per heavy atom. The van der Waals surface area contributed by atoms with Gasteiger partial charge in [0, 0.05) is 6.42 Å². The molecule has 1 aliphatic heterocycles. The number of hydrogen-bond acceptors (Lipinski definition) is 3. The van der Waals surface area contributed by atoms with Crippen molar-refractivity contribution in [2.45, 2.75) is 38.6 Å². The average molecular weight is 310 g/mol. The maximum Gasteiger partial charge on any atom is 0.309 e. The maximum absolute atomic E-state index is 12.1. The van der Waals surface area contributed by atoms with Gasteiger partial charge in [-0.3, -0.25) is 4.79 Å².